The fourth-order valence-corrected chi connectivity index (χ4v) is 5.84. The molecule has 2 rings (SSSR count). The van der Waals surface area contributed by atoms with Gasteiger partial charge in [0.25, 0.3) is 6.04 Å². The van der Waals surface area contributed by atoms with Gasteiger partial charge < -0.3 is 14.2 Å². The topological polar surface area (TPSA) is 47.8 Å². The molecule has 0 N–H and O–H groups in total. The number of hydrogen-bond donors (Lipinski definition) is 0. The summed E-state index contributed by atoms with van der Waals surface area (Å²) in [6, 6.07) is -0.388. The highest BCUT2D eigenvalue weighted by Gasteiger charge is 2.58. The summed E-state index contributed by atoms with van der Waals surface area (Å²) in [6.07, 6.45) is 29.6. The van der Waals surface area contributed by atoms with Gasteiger partial charge in [0.05, 0.1) is 19.8 Å². The molecule has 0 aromatic carbocycles. The Balaban J connectivity index is 1.66. The quantitative estimate of drug-likeness (QED) is 0.0789. The number of hydrogen-bond acceptors (Lipinski definition) is 4. The molecule has 5 nitrogen and oxygen atoms in total. The number of methoxy groups -OCH3 is 1. The summed E-state index contributed by atoms with van der Waals surface area (Å²) in [5, 5.41) is 0. The Labute approximate surface area is 228 Å². The molecule has 37 heavy (non-hydrogen) atoms. The van der Waals surface area contributed by atoms with Gasteiger partial charge in [-0.1, -0.05) is 110 Å². The lowest BCUT2D eigenvalue weighted by Gasteiger charge is -2.45. The predicted molar refractivity (Wildman–Crippen MR) is 154 cm³/mol. The number of rotatable bonds is 23. The second-order valence-corrected chi connectivity index (χ2v) is 11.3. The van der Waals surface area contributed by atoms with Crippen molar-refractivity contribution in [3.8, 4) is 0 Å². The van der Waals surface area contributed by atoms with Crippen LogP contribution in [-0.2, 0) is 19.0 Å². The van der Waals surface area contributed by atoms with Gasteiger partial charge in [-0.3, -0.25) is 0 Å². The normalized spacial score (nSPS) is 23.1. The average molecular weight is 521 g/mol. The van der Waals surface area contributed by atoms with Gasteiger partial charge in [-0.25, -0.2) is 9.37 Å². The lowest BCUT2D eigenvalue weighted by Crippen LogP contribution is -2.61. The van der Waals surface area contributed by atoms with Gasteiger partial charge in [0.2, 0.25) is 0 Å². The van der Waals surface area contributed by atoms with Crippen LogP contribution in [0.2, 0.25) is 0 Å². The highest BCUT2D eigenvalue weighted by Crippen LogP contribution is 2.41. The molecule has 1 saturated heterocycles. The van der Waals surface area contributed by atoms with Gasteiger partial charge in [0.1, 0.15) is 12.0 Å². The Morgan fingerprint density at radius 1 is 0.865 bits per heavy atom. The SMILES string of the molecule is CCCCCCCCCCCCCCCCOCC1(C2CCO2)C=CC=[N+](CCCCC)C1C(=O)OC. The van der Waals surface area contributed by atoms with Crippen LogP contribution in [0.15, 0.2) is 12.2 Å². The summed E-state index contributed by atoms with van der Waals surface area (Å²) in [6.45, 7) is 7.34. The van der Waals surface area contributed by atoms with E-state index in [2.05, 4.69) is 30.6 Å². The van der Waals surface area contributed by atoms with Crippen LogP contribution in [0.3, 0.4) is 0 Å². The lowest BCUT2D eigenvalue weighted by atomic mass is 9.71. The first-order valence-electron chi connectivity index (χ1n) is 15.7. The summed E-state index contributed by atoms with van der Waals surface area (Å²) in [5.41, 5.74) is -0.484. The van der Waals surface area contributed by atoms with Crippen LogP contribution in [0.25, 0.3) is 0 Å². The molecule has 2 heterocycles. The largest absolute Gasteiger partial charge is 0.464 e. The first-order chi connectivity index (χ1) is 18.2. The molecular formula is C32H58NO4+. The van der Waals surface area contributed by atoms with Crippen molar-refractivity contribution in [2.75, 3.05) is 33.5 Å². The Bertz CT molecular complexity index is 657. The first kappa shape index (κ1) is 32.0. The summed E-state index contributed by atoms with van der Waals surface area (Å²) in [7, 11) is 1.49. The average Bonchev–Trinajstić information content (AvgIpc) is 2.87. The Morgan fingerprint density at radius 3 is 1.92 bits per heavy atom. The summed E-state index contributed by atoms with van der Waals surface area (Å²) >= 11 is 0. The molecule has 214 valence electrons. The van der Waals surface area contributed by atoms with Crippen LogP contribution < -0.4 is 0 Å². The molecule has 0 aliphatic carbocycles. The van der Waals surface area contributed by atoms with Gasteiger partial charge in [-0.05, 0) is 25.3 Å². The van der Waals surface area contributed by atoms with Crippen LogP contribution in [0.1, 0.15) is 129 Å². The van der Waals surface area contributed by atoms with Crippen molar-refractivity contribution in [3.05, 3.63) is 12.2 Å². The first-order valence-corrected chi connectivity index (χ1v) is 15.7. The summed E-state index contributed by atoms with van der Waals surface area (Å²) in [4.78, 5) is 13.0. The molecule has 0 bridgehead atoms. The maximum Gasteiger partial charge on any atom is 0.376 e. The van der Waals surface area contributed by atoms with Crippen molar-refractivity contribution in [3.63, 3.8) is 0 Å². The van der Waals surface area contributed by atoms with Crippen LogP contribution >= 0.6 is 0 Å². The van der Waals surface area contributed by atoms with Crippen LogP contribution in [-0.4, -0.2) is 62.4 Å². The number of esters is 1. The highest BCUT2D eigenvalue weighted by atomic mass is 16.5. The fourth-order valence-electron chi connectivity index (χ4n) is 5.84. The molecule has 2 aliphatic heterocycles. The molecule has 0 aromatic rings. The molecular weight excluding hydrogens is 462 g/mol. The maximum absolute atomic E-state index is 13.0. The number of carbonyl (C=O) groups is 1. The fraction of sp³-hybridized carbons (Fsp3) is 0.875. The van der Waals surface area contributed by atoms with E-state index >= 15 is 0 Å². The van der Waals surface area contributed by atoms with E-state index in [1.807, 2.05) is 6.21 Å². The predicted octanol–water partition coefficient (Wildman–Crippen LogP) is 7.64. The third kappa shape index (κ3) is 11.2. The Morgan fingerprint density at radius 2 is 1.41 bits per heavy atom. The molecule has 3 unspecified atom stereocenters. The molecule has 1 fully saturated rings. The second-order valence-electron chi connectivity index (χ2n) is 11.3. The minimum Gasteiger partial charge on any atom is -0.464 e. The Kier molecular flexibility index (Phi) is 17.1. The molecule has 0 aromatic heterocycles. The van der Waals surface area contributed by atoms with Crippen molar-refractivity contribution in [1.82, 2.24) is 0 Å². The number of carbonyl (C=O) groups excluding carboxylic acids is 1. The van der Waals surface area contributed by atoms with Crippen molar-refractivity contribution >= 4 is 12.2 Å². The van der Waals surface area contributed by atoms with Crippen molar-refractivity contribution in [2.45, 2.75) is 142 Å². The van der Waals surface area contributed by atoms with Crippen molar-refractivity contribution in [2.24, 2.45) is 5.41 Å². The third-order valence-electron chi connectivity index (χ3n) is 8.26. The summed E-state index contributed by atoms with van der Waals surface area (Å²) < 4.78 is 19.7. The summed E-state index contributed by atoms with van der Waals surface area (Å²) in [5.74, 6) is -0.187. The second kappa shape index (κ2) is 19.8. The van der Waals surface area contributed by atoms with Crippen LogP contribution in [0, 0.1) is 5.41 Å². The van der Waals surface area contributed by atoms with Crippen LogP contribution in [0.5, 0.6) is 0 Å². The van der Waals surface area contributed by atoms with Gasteiger partial charge in [-0.2, -0.15) is 0 Å². The zero-order chi connectivity index (χ0) is 26.6. The van der Waals surface area contributed by atoms with E-state index in [4.69, 9.17) is 14.2 Å². The van der Waals surface area contributed by atoms with Gasteiger partial charge in [0.15, 0.2) is 6.21 Å². The minimum absolute atomic E-state index is 0.00608. The van der Waals surface area contributed by atoms with E-state index < -0.39 is 5.41 Å². The molecule has 5 heteroatoms. The molecule has 2 aliphatic rings. The van der Waals surface area contributed by atoms with E-state index in [1.54, 1.807) is 0 Å². The number of nitrogens with zero attached hydrogens (tertiary/aromatic N) is 1. The molecule has 0 saturated carbocycles. The zero-order valence-corrected chi connectivity index (χ0v) is 24.5. The lowest BCUT2D eigenvalue weighted by molar-refractivity contribution is -0.571. The van der Waals surface area contributed by atoms with Crippen molar-refractivity contribution < 1.29 is 23.6 Å². The minimum atomic E-state index is -0.484. The number of allylic oxidation sites excluding steroid dienone is 1. The van der Waals surface area contributed by atoms with E-state index in [9.17, 15) is 4.79 Å². The Hall–Kier alpha value is -1.20. The highest BCUT2D eigenvalue weighted by molar-refractivity contribution is 5.79. The maximum atomic E-state index is 13.0. The smallest absolute Gasteiger partial charge is 0.376 e. The third-order valence-corrected chi connectivity index (χ3v) is 8.26. The molecule has 3 atom stereocenters. The number of unbranched alkanes of at least 4 members (excludes halogenated alkanes) is 15. The number of ether oxygens (including phenoxy) is 3. The van der Waals surface area contributed by atoms with E-state index in [0.717, 1.165) is 51.9 Å². The molecule has 0 radical (unpaired) electrons. The van der Waals surface area contributed by atoms with E-state index in [-0.39, 0.29) is 18.1 Å². The molecule has 0 spiro atoms. The molecule has 0 amide bonds. The standard InChI is InChI=1S/C32H58NO4/c1-4-6-8-9-10-11-12-13-14-15-16-17-18-20-26-36-28-32(29-22-27-37-29)23-21-25-33(24-19-7-5-2)30(32)31(34)35-3/h21,23,25,29-30H,4-20,22,24,26-28H2,1-3H3/q+1. The van der Waals surface area contributed by atoms with Gasteiger partial charge in [0, 0.05) is 19.6 Å². The van der Waals surface area contributed by atoms with Gasteiger partial charge >= 0.3 is 5.97 Å². The monoisotopic (exact) mass is 520 g/mol. The van der Waals surface area contributed by atoms with Crippen molar-refractivity contribution in [1.29, 1.82) is 0 Å². The van der Waals surface area contributed by atoms with E-state index in [0.29, 0.717) is 6.61 Å². The van der Waals surface area contributed by atoms with Gasteiger partial charge in [-0.15, -0.1) is 0 Å². The zero-order valence-electron chi connectivity index (χ0n) is 24.5. The van der Waals surface area contributed by atoms with Crippen LogP contribution in [0.4, 0.5) is 0 Å². The van der Waals surface area contributed by atoms with E-state index in [1.165, 1.54) is 90.6 Å².